The summed E-state index contributed by atoms with van der Waals surface area (Å²) in [5.41, 5.74) is 10.5. The van der Waals surface area contributed by atoms with Crippen molar-refractivity contribution >= 4 is 5.96 Å². The van der Waals surface area contributed by atoms with E-state index in [1.165, 1.54) is 19.4 Å². The van der Waals surface area contributed by atoms with E-state index in [0.29, 0.717) is 6.04 Å². The summed E-state index contributed by atoms with van der Waals surface area (Å²) in [5.74, 6) is 0.206. The summed E-state index contributed by atoms with van der Waals surface area (Å²) in [7, 11) is 0. The number of rotatable bonds is 3. The van der Waals surface area contributed by atoms with Gasteiger partial charge in [-0.15, -0.1) is 0 Å². The monoisotopic (exact) mass is 170 g/mol. The van der Waals surface area contributed by atoms with Crippen LogP contribution in [0.2, 0.25) is 0 Å². The molecule has 1 fully saturated rings. The van der Waals surface area contributed by atoms with Crippen LogP contribution in [0.1, 0.15) is 19.8 Å². The van der Waals surface area contributed by atoms with E-state index in [4.69, 9.17) is 11.5 Å². The third-order valence-corrected chi connectivity index (χ3v) is 2.39. The fraction of sp³-hybridized carbons (Fsp3) is 0.875. The first-order valence-corrected chi connectivity index (χ1v) is 4.53. The van der Waals surface area contributed by atoms with Gasteiger partial charge in [-0.25, -0.2) is 0 Å². The topological polar surface area (TPSA) is 67.6 Å². The van der Waals surface area contributed by atoms with Crippen molar-refractivity contribution in [2.24, 2.45) is 16.5 Å². The molecule has 1 rings (SSSR count). The Kier molecular flexibility index (Phi) is 3.34. The van der Waals surface area contributed by atoms with Crippen molar-refractivity contribution < 1.29 is 0 Å². The van der Waals surface area contributed by atoms with Gasteiger partial charge in [-0.1, -0.05) is 6.92 Å². The quantitative estimate of drug-likeness (QED) is 0.453. The van der Waals surface area contributed by atoms with Gasteiger partial charge >= 0.3 is 0 Å². The molecule has 0 bridgehead atoms. The zero-order chi connectivity index (χ0) is 8.97. The highest BCUT2D eigenvalue weighted by atomic mass is 15.2. The second-order valence-corrected chi connectivity index (χ2v) is 3.19. The first-order chi connectivity index (χ1) is 5.74. The number of nitrogens with zero attached hydrogens (tertiary/aromatic N) is 2. The van der Waals surface area contributed by atoms with Crippen LogP contribution in [0.25, 0.3) is 0 Å². The molecule has 4 nitrogen and oxygen atoms in total. The van der Waals surface area contributed by atoms with Crippen molar-refractivity contribution in [3.8, 4) is 0 Å². The van der Waals surface area contributed by atoms with Crippen molar-refractivity contribution in [3.63, 3.8) is 0 Å². The number of hydrogen-bond donors (Lipinski definition) is 2. The molecule has 0 aliphatic carbocycles. The zero-order valence-electron chi connectivity index (χ0n) is 7.66. The lowest BCUT2D eigenvalue weighted by molar-refractivity contribution is 0.273. The Morgan fingerprint density at radius 2 is 2.33 bits per heavy atom. The Bertz CT molecular complexity index is 162. The molecule has 1 aliphatic rings. The van der Waals surface area contributed by atoms with Gasteiger partial charge in [0.25, 0.3) is 0 Å². The Hall–Kier alpha value is -0.770. The number of likely N-dealkylation sites (N-methyl/N-ethyl adjacent to an activating group) is 1. The molecule has 1 saturated heterocycles. The van der Waals surface area contributed by atoms with Crippen molar-refractivity contribution in [1.29, 1.82) is 0 Å². The first kappa shape index (κ1) is 9.32. The van der Waals surface area contributed by atoms with Crippen LogP contribution < -0.4 is 11.5 Å². The molecule has 0 amide bonds. The van der Waals surface area contributed by atoms with E-state index in [9.17, 15) is 0 Å². The third-order valence-electron chi connectivity index (χ3n) is 2.39. The SMILES string of the molecule is CCN1CCC[C@H]1CN=C(N)N. The number of nitrogens with two attached hydrogens (primary N) is 2. The van der Waals surface area contributed by atoms with Crippen LogP contribution in [0.3, 0.4) is 0 Å². The minimum absolute atomic E-state index is 0.206. The Morgan fingerprint density at radius 1 is 1.58 bits per heavy atom. The lowest BCUT2D eigenvalue weighted by atomic mass is 10.2. The van der Waals surface area contributed by atoms with E-state index in [1.54, 1.807) is 0 Å². The average molecular weight is 170 g/mol. The summed E-state index contributed by atoms with van der Waals surface area (Å²) in [5, 5.41) is 0. The van der Waals surface area contributed by atoms with Crippen LogP contribution >= 0.6 is 0 Å². The van der Waals surface area contributed by atoms with E-state index in [1.807, 2.05) is 0 Å². The predicted molar refractivity (Wildman–Crippen MR) is 50.9 cm³/mol. The maximum absolute atomic E-state index is 5.27. The average Bonchev–Trinajstić information content (AvgIpc) is 2.47. The minimum Gasteiger partial charge on any atom is -0.370 e. The number of likely N-dealkylation sites (tertiary alicyclic amines) is 1. The van der Waals surface area contributed by atoms with Crippen molar-refractivity contribution in [3.05, 3.63) is 0 Å². The molecule has 0 unspecified atom stereocenters. The van der Waals surface area contributed by atoms with E-state index in [-0.39, 0.29) is 5.96 Å². The fourth-order valence-corrected chi connectivity index (χ4v) is 1.73. The van der Waals surface area contributed by atoms with Crippen molar-refractivity contribution in [1.82, 2.24) is 4.90 Å². The smallest absolute Gasteiger partial charge is 0.185 e. The van der Waals surface area contributed by atoms with Gasteiger partial charge in [0.1, 0.15) is 0 Å². The lowest BCUT2D eigenvalue weighted by Gasteiger charge is -2.20. The molecule has 0 aromatic rings. The highest BCUT2D eigenvalue weighted by molar-refractivity contribution is 5.75. The Balaban J connectivity index is 2.35. The number of hydrogen-bond acceptors (Lipinski definition) is 2. The standard InChI is InChI=1S/C8H18N4/c1-2-12-5-3-4-7(12)6-11-8(9)10/h7H,2-6H2,1H3,(H4,9,10,11)/t7-/m0/s1. The van der Waals surface area contributed by atoms with E-state index >= 15 is 0 Å². The normalized spacial score (nSPS) is 24.2. The molecule has 0 aromatic carbocycles. The maximum Gasteiger partial charge on any atom is 0.185 e. The highest BCUT2D eigenvalue weighted by Crippen LogP contribution is 2.16. The second-order valence-electron chi connectivity index (χ2n) is 3.19. The fourth-order valence-electron chi connectivity index (χ4n) is 1.73. The molecular formula is C8H18N4. The molecule has 12 heavy (non-hydrogen) atoms. The highest BCUT2D eigenvalue weighted by Gasteiger charge is 2.21. The summed E-state index contributed by atoms with van der Waals surface area (Å²) in [4.78, 5) is 6.46. The zero-order valence-corrected chi connectivity index (χ0v) is 7.66. The number of guanidine groups is 1. The largest absolute Gasteiger partial charge is 0.370 e. The minimum atomic E-state index is 0.206. The molecule has 0 radical (unpaired) electrons. The number of aliphatic imine (C=N–C) groups is 1. The van der Waals surface area contributed by atoms with Crippen LogP contribution in [0.4, 0.5) is 0 Å². The van der Waals surface area contributed by atoms with Gasteiger partial charge in [-0.3, -0.25) is 9.89 Å². The maximum atomic E-state index is 5.27. The summed E-state index contributed by atoms with van der Waals surface area (Å²) >= 11 is 0. The molecular weight excluding hydrogens is 152 g/mol. The predicted octanol–water partition coefficient (Wildman–Crippen LogP) is -0.256. The van der Waals surface area contributed by atoms with Crippen LogP contribution in [0, 0.1) is 0 Å². The van der Waals surface area contributed by atoms with Crippen LogP contribution in [0.15, 0.2) is 4.99 Å². The first-order valence-electron chi connectivity index (χ1n) is 4.53. The summed E-state index contributed by atoms with van der Waals surface area (Å²) in [6, 6.07) is 0.567. The van der Waals surface area contributed by atoms with Crippen LogP contribution in [-0.4, -0.2) is 36.5 Å². The summed E-state index contributed by atoms with van der Waals surface area (Å²) < 4.78 is 0. The van der Waals surface area contributed by atoms with Gasteiger partial charge in [0.15, 0.2) is 5.96 Å². The van der Waals surface area contributed by atoms with E-state index < -0.39 is 0 Å². The van der Waals surface area contributed by atoms with Crippen molar-refractivity contribution in [2.45, 2.75) is 25.8 Å². The summed E-state index contributed by atoms with van der Waals surface area (Å²) in [6.07, 6.45) is 2.50. The Morgan fingerprint density at radius 3 is 2.92 bits per heavy atom. The van der Waals surface area contributed by atoms with Gasteiger partial charge in [0.05, 0.1) is 6.54 Å². The molecule has 1 heterocycles. The Labute approximate surface area is 73.6 Å². The van der Waals surface area contributed by atoms with Gasteiger partial charge in [0, 0.05) is 6.04 Å². The third kappa shape index (κ3) is 2.37. The molecule has 0 spiro atoms. The summed E-state index contributed by atoms with van der Waals surface area (Å²) in [6.45, 7) is 5.23. The molecule has 4 heteroatoms. The van der Waals surface area contributed by atoms with Gasteiger partial charge in [-0.2, -0.15) is 0 Å². The molecule has 70 valence electrons. The van der Waals surface area contributed by atoms with Gasteiger partial charge in [-0.05, 0) is 25.9 Å². The molecule has 4 N–H and O–H groups in total. The lowest BCUT2D eigenvalue weighted by Crippen LogP contribution is -2.33. The van der Waals surface area contributed by atoms with E-state index in [2.05, 4.69) is 16.8 Å². The molecule has 1 aliphatic heterocycles. The van der Waals surface area contributed by atoms with Crippen LogP contribution in [0.5, 0.6) is 0 Å². The van der Waals surface area contributed by atoms with E-state index in [0.717, 1.165) is 13.1 Å². The van der Waals surface area contributed by atoms with Gasteiger partial charge < -0.3 is 11.5 Å². The van der Waals surface area contributed by atoms with Crippen molar-refractivity contribution in [2.75, 3.05) is 19.6 Å². The molecule has 1 atom stereocenters. The van der Waals surface area contributed by atoms with Crippen LogP contribution in [-0.2, 0) is 0 Å². The molecule has 0 aromatic heterocycles. The second kappa shape index (κ2) is 4.30. The molecule has 0 saturated carbocycles. The van der Waals surface area contributed by atoms with Gasteiger partial charge in [0.2, 0.25) is 0 Å².